The molecule has 2 nitrogen and oxygen atoms in total. The second-order valence-corrected chi connectivity index (χ2v) is 11.9. The smallest absolute Gasteiger partial charge is 0.305 e. The molecule has 4 aliphatic carbocycles. The molecule has 9 unspecified atom stereocenters. The first-order valence-corrected chi connectivity index (χ1v) is 12.4. The number of hydrogen-bond donors (Lipinski definition) is 0. The zero-order chi connectivity index (χ0) is 20.1. The molecular formula is C26H44O2. The van der Waals surface area contributed by atoms with E-state index in [0.717, 1.165) is 41.9 Å². The molecule has 4 rings (SSSR count). The summed E-state index contributed by atoms with van der Waals surface area (Å²) in [5, 5.41) is 0. The molecule has 0 heterocycles. The van der Waals surface area contributed by atoms with Gasteiger partial charge in [-0.2, -0.15) is 0 Å². The van der Waals surface area contributed by atoms with Gasteiger partial charge in [0, 0.05) is 6.42 Å². The minimum Gasteiger partial charge on any atom is -0.469 e. The van der Waals surface area contributed by atoms with Crippen LogP contribution in [0.25, 0.3) is 0 Å². The molecule has 0 aromatic rings. The van der Waals surface area contributed by atoms with Crippen molar-refractivity contribution in [1.29, 1.82) is 0 Å². The maximum Gasteiger partial charge on any atom is 0.305 e. The van der Waals surface area contributed by atoms with Crippen molar-refractivity contribution >= 4 is 5.97 Å². The predicted octanol–water partition coefficient (Wildman–Crippen LogP) is 6.87. The second-order valence-electron chi connectivity index (χ2n) is 11.9. The number of methoxy groups -OCH3 is 1. The molecule has 0 aliphatic heterocycles. The van der Waals surface area contributed by atoms with E-state index in [1.165, 1.54) is 64.9 Å². The van der Waals surface area contributed by atoms with Gasteiger partial charge in [-0.1, -0.05) is 34.1 Å². The Balaban J connectivity index is 1.48. The van der Waals surface area contributed by atoms with Crippen molar-refractivity contribution in [3.8, 4) is 0 Å². The van der Waals surface area contributed by atoms with Gasteiger partial charge in [-0.15, -0.1) is 0 Å². The lowest BCUT2D eigenvalue weighted by Gasteiger charge is -2.61. The minimum absolute atomic E-state index is 0.0342. The fourth-order valence-electron chi connectivity index (χ4n) is 9.10. The summed E-state index contributed by atoms with van der Waals surface area (Å²) in [6.45, 7) is 10.2. The third-order valence-electron chi connectivity index (χ3n) is 10.7. The van der Waals surface area contributed by atoms with Gasteiger partial charge in [0.25, 0.3) is 0 Å². The van der Waals surface area contributed by atoms with E-state index in [2.05, 4.69) is 27.7 Å². The van der Waals surface area contributed by atoms with Gasteiger partial charge in [-0.05, 0) is 110 Å². The molecule has 2 heteroatoms. The van der Waals surface area contributed by atoms with Gasteiger partial charge < -0.3 is 4.74 Å². The fourth-order valence-corrected chi connectivity index (χ4v) is 9.10. The van der Waals surface area contributed by atoms with E-state index in [4.69, 9.17) is 4.74 Å². The number of esters is 1. The predicted molar refractivity (Wildman–Crippen MR) is 115 cm³/mol. The van der Waals surface area contributed by atoms with Gasteiger partial charge in [0.15, 0.2) is 0 Å². The molecule has 4 saturated carbocycles. The largest absolute Gasteiger partial charge is 0.469 e. The first kappa shape index (κ1) is 20.7. The Morgan fingerprint density at radius 2 is 1.71 bits per heavy atom. The quantitative estimate of drug-likeness (QED) is 0.491. The van der Waals surface area contributed by atoms with Crippen molar-refractivity contribution < 1.29 is 9.53 Å². The van der Waals surface area contributed by atoms with Crippen LogP contribution in [0, 0.1) is 52.3 Å². The van der Waals surface area contributed by atoms with E-state index in [1.54, 1.807) is 0 Å². The third kappa shape index (κ3) is 3.25. The molecule has 0 N–H and O–H groups in total. The first-order chi connectivity index (χ1) is 13.3. The van der Waals surface area contributed by atoms with Crippen LogP contribution in [0.15, 0.2) is 0 Å². The van der Waals surface area contributed by atoms with Gasteiger partial charge in [-0.25, -0.2) is 0 Å². The monoisotopic (exact) mass is 388 g/mol. The van der Waals surface area contributed by atoms with Gasteiger partial charge >= 0.3 is 5.97 Å². The summed E-state index contributed by atoms with van der Waals surface area (Å²) in [4.78, 5) is 11.7. The molecule has 0 amide bonds. The summed E-state index contributed by atoms with van der Waals surface area (Å²) < 4.78 is 4.90. The maximum absolute atomic E-state index is 11.7. The normalized spacial score (nSPS) is 48.9. The molecule has 0 saturated heterocycles. The van der Waals surface area contributed by atoms with Crippen molar-refractivity contribution in [2.75, 3.05) is 7.11 Å². The molecule has 0 aromatic carbocycles. The average molecular weight is 389 g/mol. The standard InChI is InChI=1S/C26H44O2/c1-17-12-14-25(3)19(16-17)7-8-20-22-10-9-21(18(2)6-11-24(27)28-5)26(22,4)15-13-23(20)25/h17-23H,6-16H2,1-5H3. The zero-order valence-corrected chi connectivity index (χ0v) is 19.1. The molecule has 0 aromatic heterocycles. The topological polar surface area (TPSA) is 26.3 Å². The van der Waals surface area contributed by atoms with Crippen molar-refractivity contribution in [3.05, 3.63) is 0 Å². The van der Waals surface area contributed by atoms with E-state index in [0.29, 0.717) is 23.2 Å². The first-order valence-electron chi connectivity index (χ1n) is 12.4. The lowest BCUT2D eigenvalue weighted by atomic mass is 9.44. The molecule has 9 atom stereocenters. The highest BCUT2D eigenvalue weighted by molar-refractivity contribution is 5.69. The number of fused-ring (bicyclic) bond motifs is 5. The number of hydrogen-bond acceptors (Lipinski definition) is 2. The number of ether oxygens (including phenoxy) is 1. The third-order valence-corrected chi connectivity index (χ3v) is 10.7. The van der Waals surface area contributed by atoms with Crippen LogP contribution in [0.2, 0.25) is 0 Å². The highest BCUT2D eigenvalue weighted by Gasteiger charge is 2.60. The van der Waals surface area contributed by atoms with Crippen molar-refractivity contribution in [3.63, 3.8) is 0 Å². The molecule has 28 heavy (non-hydrogen) atoms. The Bertz CT molecular complexity index is 585. The van der Waals surface area contributed by atoms with Gasteiger partial charge in [0.2, 0.25) is 0 Å². The lowest BCUT2D eigenvalue weighted by molar-refractivity contribution is -0.141. The molecule has 0 radical (unpaired) electrons. The number of rotatable bonds is 4. The van der Waals surface area contributed by atoms with Crippen LogP contribution in [-0.2, 0) is 9.53 Å². The summed E-state index contributed by atoms with van der Waals surface area (Å²) in [5.41, 5.74) is 1.15. The summed E-state index contributed by atoms with van der Waals surface area (Å²) in [5.74, 6) is 6.27. The Hall–Kier alpha value is -0.530. The highest BCUT2D eigenvalue weighted by Crippen LogP contribution is 2.68. The molecular weight excluding hydrogens is 344 g/mol. The molecule has 160 valence electrons. The van der Waals surface area contributed by atoms with Gasteiger partial charge in [0.1, 0.15) is 0 Å². The second kappa shape index (κ2) is 7.62. The Morgan fingerprint density at radius 3 is 2.46 bits per heavy atom. The minimum atomic E-state index is -0.0342. The average Bonchev–Trinajstić information content (AvgIpc) is 3.03. The highest BCUT2D eigenvalue weighted by atomic mass is 16.5. The molecule has 4 fully saturated rings. The van der Waals surface area contributed by atoms with E-state index < -0.39 is 0 Å². The number of carbonyl (C=O) groups is 1. The van der Waals surface area contributed by atoms with Crippen molar-refractivity contribution in [1.82, 2.24) is 0 Å². The zero-order valence-electron chi connectivity index (χ0n) is 19.1. The van der Waals surface area contributed by atoms with Gasteiger partial charge in [-0.3, -0.25) is 4.79 Å². The van der Waals surface area contributed by atoms with Crippen LogP contribution < -0.4 is 0 Å². The SMILES string of the molecule is COC(=O)CCC(C)C1CCC2C3CCC4CC(C)CCC4(C)C3CCC12C. The van der Waals surface area contributed by atoms with Crippen LogP contribution in [0.5, 0.6) is 0 Å². The van der Waals surface area contributed by atoms with Crippen LogP contribution in [0.1, 0.15) is 98.3 Å². The van der Waals surface area contributed by atoms with Crippen LogP contribution >= 0.6 is 0 Å². The van der Waals surface area contributed by atoms with E-state index in [1.807, 2.05) is 0 Å². The Labute approximate surface area is 173 Å². The van der Waals surface area contributed by atoms with Crippen molar-refractivity contribution in [2.45, 2.75) is 98.3 Å². The van der Waals surface area contributed by atoms with E-state index >= 15 is 0 Å². The molecule has 0 bridgehead atoms. The van der Waals surface area contributed by atoms with E-state index in [-0.39, 0.29) is 5.97 Å². The van der Waals surface area contributed by atoms with E-state index in [9.17, 15) is 4.79 Å². The van der Waals surface area contributed by atoms with Crippen LogP contribution in [0.3, 0.4) is 0 Å². The van der Waals surface area contributed by atoms with Crippen LogP contribution in [-0.4, -0.2) is 13.1 Å². The summed E-state index contributed by atoms with van der Waals surface area (Å²) in [6, 6.07) is 0. The summed E-state index contributed by atoms with van der Waals surface area (Å²) in [7, 11) is 1.52. The van der Waals surface area contributed by atoms with Crippen LogP contribution in [0.4, 0.5) is 0 Å². The summed E-state index contributed by atoms with van der Waals surface area (Å²) in [6.07, 6.45) is 14.8. The Morgan fingerprint density at radius 1 is 1.00 bits per heavy atom. The fraction of sp³-hybridized carbons (Fsp3) is 0.962. The maximum atomic E-state index is 11.7. The summed E-state index contributed by atoms with van der Waals surface area (Å²) >= 11 is 0. The molecule has 4 aliphatic rings. The Kier molecular flexibility index (Phi) is 5.64. The lowest BCUT2D eigenvalue weighted by Crippen LogP contribution is -2.53. The van der Waals surface area contributed by atoms with Crippen molar-refractivity contribution in [2.24, 2.45) is 52.3 Å². The number of carbonyl (C=O) groups excluding carboxylic acids is 1. The van der Waals surface area contributed by atoms with Gasteiger partial charge in [0.05, 0.1) is 7.11 Å². The molecule has 0 spiro atoms.